The highest BCUT2D eigenvalue weighted by Gasteiger charge is 2.22. The second-order valence-corrected chi connectivity index (χ2v) is 5.83. The topological polar surface area (TPSA) is 47.6 Å². The van der Waals surface area contributed by atoms with Gasteiger partial charge in [0.05, 0.1) is 18.6 Å². The molecule has 106 valence electrons. The Balaban J connectivity index is 2.23. The number of methoxy groups -OCH3 is 1. The van der Waals surface area contributed by atoms with Crippen molar-refractivity contribution in [2.24, 2.45) is 0 Å². The molecule has 1 aromatic carbocycles. The first-order valence-electron chi connectivity index (χ1n) is 6.19. The minimum atomic E-state index is -0.162. The fourth-order valence-electron chi connectivity index (χ4n) is 1.68. The van der Waals surface area contributed by atoms with Gasteiger partial charge in [0, 0.05) is 0 Å². The van der Waals surface area contributed by atoms with Gasteiger partial charge in [-0.05, 0) is 30.2 Å². The number of carbonyl (C=O) groups excluding carboxylic acids is 1. The maximum absolute atomic E-state index is 11.6. The predicted molar refractivity (Wildman–Crippen MR) is 85.1 cm³/mol. The van der Waals surface area contributed by atoms with Gasteiger partial charge in [0.1, 0.15) is 4.32 Å². The fraction of sp³-hybridized carbons (Fsp3) is 0.286. The molecule has 1 aliphatic rings. The molecule has 0 bridgehead atoms. The lowest BCUT2D eigenvalue weighted by Gasteiger charge is -2.10. The van der Waals surface area contributed by atoms with Crippen LogP contribution in [0.5, 0.6) is 11.5 Å². The van der Waals surface area contributed by atoms with Crippen LogP contribution in [0, 0.1) is 0 Å². The molecule has 1 aliphatic heterocycles. The lowest BCUT2D eigenvalue weighted by atomic mass is 10.2. The van der Waals surface area contributed by atoms with Gasteiger partial charge in [-0.25, -0.2) is 0 Å². The van der Waals surface area contributed by atoms with Crippen LogP contribution < -0.4 is 14.8 Å². The normalized spacial score (nSPS) is 16.4. The van der Waals surface area contributed by atoms with Crippen molar-refractivity contribution < 1.29 is 14.3 Å². The minimum absolute atomic E-state index is 0.162. The molecule has 1 fully saturated rings. The van der Waals surface area contributed by atoms with Crippen LogP contribution >= 0.6 is 24.0 Å². The van der Waals surface area contributed by atoms with Crippen molar-refractivity contribution in [1.29, 1.82) is 0 Å². The molecule has 1 amide bonds. The molecule has 0 atom stereocenters. The van der Waals surface area contributed by atoms with Gasteiger partial charge in [-0.2, -0.15) is 0 Å². The van der Waals surface area contributed by atoms with Crippen molar-refractivity contribution in [3.63, 3.8) is 0 Å². The Morgan fingerprint density at radius 1 is 1.40 bits per heavy atom. The molecule has 2 rings (SSSR count). The van der Waals surface area contributed by atoms with E-state index in [0.29, 0.717) is 27.3 Å². The highest BCUT2D eigenvalue weighted by molar-refractivity contribution is 8.26. The molecule has 20 heavy (non-hydrogen) atoms. The van der Waals surface area contributed by atoms with Gasteiger partial charge in [-0.15, -0.1) is 0 Å². The van der Waals surface area contributed by atoms with Gasteiger partial charge in [0.25, 0.3) is 5.91 Å². The van der Waals surface area contributed by atoms with E-state index in [1.807, 2.05) is 25.1 Å². The number of hydrogen-bond acceptors (Lipinski definition) is 5. The van der Waals surface area contributed by atoms with E-state index in [2.05, 4.69) is 5.32 Å². The monoisotopic (exact) mass is 309 g/mol. The lowest BCUT2D eigenvalue weighted by molar-refractivity contribution is -0.115. The largest absolute Gasteiger partial charge is 0.493 e. The number of thiocarbonyl (C=S) groups is 1. The van der Waals surface area contributed by atoms with Gasteiger partial charge in [0.2, 0.25) is 0 Å². The van der Waals surface area contributed by atoms with Crippen LogP contribution in [0.3, 0.4) is 0 Å². The summed E-state index contributed by atoms with van der Waals surface area (Å²) in [6.45, 7) is 2.69. The standard InChI is InChI=1S/C14H15NO3S2/c1-3-6-18-10-5-4-9(7-11(10)17-2)8-12-13(16)15-14(19)20-12/h4-5,7-8H,3,6H2,1-2H3,(H,15,16,19). The molecule has 0 saturated carbocycles. The molecule has 1 N–H and O–H groups in total. The van der Waals surface area contributed by atoms with Gasteiger partial charge in [-0.1, -0.05) is 37.0 Å². The van der Waals surface area contributed by atoms with E-state index < -0.39 is 0 Å². The van der Waals surface area contributed by atoms with Crippen molar-refractivity contribution in [3.8, 4) is 11.5 Å². The number of amides is 1. The number of thioether (sulfide) groups is 1. The smallest absolute Gasteiger partial charge is 0.263 e. The van der Waals surface area contributed by atoms with Crippen molar-refractivity contribution in [2.75, 3.05) is 13.7 Å². The molecule has 0 radical (unpaired) electrons. The van der Waals surface area contributed by atoms with Gasteiger partial charge in [0.15, 0.2) is 11.5 Å². The number of rotatable bonds is 5. The zero-order chi connectivity index (χ0) is 14.5. The third kappa shape index (κ3) is 3.52. The van der Waals surface area contributed by atoms with Crippen LogP contribution in [0.15, 0.2) is 23.1 Å². The molecule has 1 aromatic rings. The summed E-state index contributed by atoms with van der Waals surface area (Å²) < 4.78 is 11.4. The molecule has 6 heteroatoms. The van der Waals surface area contributed by atoms with E-state index in [0.717, 1.165) is 12.0 Å². The Morgan fingerprint density at radius 2 is 2.20 bits per heavy atom. The summed E-state index contributed by atoms with van der Waals surface area (Å²) in [6.07, 6.45) is 2.72. The van der Waals surface area contributed by atoms with E-state index in [9.17, 15) is 4.79 Å². The quantitative estimate of drug-likeness (QED) is 0.669. The predicted octanol–water partition coefficient (Wildman–Crippen LogP) is 2.97. The average molecular weight is 309 g/mol. The molecule has 4 nitrogen and oxygen atoms in total. The van der Waals surface area contributed by atoms with Crippen LogP contribution in [-0.2, 0) is 4.79 Å². The van der Waals surface area contributed by atoms with Crippen LogP contribution in [0.4, 0.5) is 0 Å². The number of hydrogen-bond donors (Lipinski definition) is 1. The van der Waals surface area contributed by atoms with Crippen molar-refractivity contribution in [3.05, 3.63) is 28.7 Å². The van der Waals surface area contributed by atoms with Crippen molar-refractivity contribution in [1.82, 2.24) is 5.32 Å². The van der Waals surface area contributed by atoms with Gasteiger partial charge >= 0.3 is 0 Å². The summed E-state index contributed by atoms with van der Waals surface area (Å²) in [5, 5.41) is 2.59. The van der Waals surface area contributed by atoms with Crippen LogP contribution in [0.1, 0.15) is 18.9 Å². The number of benzene rings is 1. The Hall–Kier alpha value is -1.53. The van der Waals surface area contributed by atoms with Crippen LogP contribution in [0.25, 0.3) is 6.08 Å². The highest BCUT2D eigenvalue weighted by Crippen LogP contribution is 2.31. The number of ether oxygens (including phenoxy) is 2. The Morgan fingerprint density at radius 3 is 2.80 bits per heavy atom. The fourth-order valence-corrected chi connectivity index (χ4v) is 2.72. The summed E-state index contributed by atoms with van der Waals surface area (Å²) in [6, 6.07) is 5.57. The third-order valence-electron chi connectivity index (χ3n) is 2.59. The summed E-state index contributed by atoms with van der Waals surface area (Å²) in [4.78, 5) is 12.2. The van der Waals surface area contributed by atoms with Crippen molar-refractivity contribution >= 4 is 40.3 Å². The summed E-state index contributed by atoms with van der Waals surface area (Å²) >= 11 is 6.21. The minimum Gasteiger partial charge on any atom is -0.493 e. The number of nitrogens with one attached hydrogen (secondary N) is 1. The maximum atomic E-state index is 11.6. The molecule has 0 aromatic heterocycles. The first kappa shape index (κ1) is 14.9. The Bertz CT molecular complexity index is 570. The molecule has 0 spiro atoms. The molecule has 0 unspecified atom stereocenters. The number of carbonyl (C=O) groups is 1. The molecule has 1 saturated heterocycles. The zero-order valence-corrected chi connectivity index (χ0v) is 12.9. The van der Waals surface area contributed by atoms with Crippen LogP contribution in [0.2, 0.25) is 0 Å². The third-order valence-corrected chi connectivity index (χ3v) is 3.75. The average Bonchev–Trinajstić information content (AvgIpc) is 2.75. The van der Waals surface area contributed by atoms with Gasteiger partial charge < -0.3 is 14.8 Å². The van der Waals surface area contributed by atoms with E-state index in [1.165, 1.54) is 11.8 Å². The van der Waals surface area contributed by atoms with E-state index in [4.69, 9.17) is 21.7 Å². The zero-order valence-electron chi connectivity index (χ0n) is 11.3. The maximum Gasteiger partial charge on any atom is 0.263 e. The second kappa shape index (κ2) is 6.76. The van der Waals surface area contributed by atoms with E-state index in [-0.39, 0.29) is 5.91 Å². The Labute approximate surface area is 127 Å². The first-order chi connectivity index (χ1) is 9.63. The SMILES string of the molecule is CCCOc1ccc(C=C2SC(=S)NC2=O)cc1OC. The molecule has 1 heterocycles. The van der Waals surface area contributed by atoms with E-state index in [1.54, 1.807) is 13.2 Å². The van der Waals surface area contributed by atoms with Crippen LogP contribution in [-0.4, -0.2) is 23.9 Å². The van der Waals surface area contributed by atoms with Crippen molar-refractivity contribution in [2.45, 2.75) is 13.3 Å². The van der Waals surface area contributed by atoms with E-state index >= 15 is 0 Å². The first-order valence-corrected chi connectivity index (χ1v) is 7.42. The summed E-state index contributed by atoms with van der Waals surface area (Å²) in [5.74, 6) is 1.19. The Kier molecular flexibility index (Phi) is 5.03. The second-order valence-electron chi connectivity index (χ2n) is 4.11. The molecular formula is C14H15NO3S2. The lowest BCUT2D eigenvalue weighted by Crippen LogP contribution is -2.17. The molecule has 0 aliphatic carbocycles. The summed E-state index contributed by atoms with van der Waals surface area (Å²) in [5.41, 5.74) is 0.869. The highest BCUT2D eigenvalue weighted by atomic mass is 32.2. The molecular weight excluding hydrogens is 294 g/mol. The van der Waals surface area contributed by atoms with Gasteiger partial charge in [-0.3, -0.25) is 4.79 Å². The summed E-state index contributed by atoms with van der Waals surface area (Å²) in [7, 11) is 1.59.